The molecule has 0 aromatic heterocycles. The fraction of sp³-hybridized carbons (Fsp3) is 0.208. The lowest BCUT2D eigenvalue weighted by Gasteiger charge is -2.48. The number of amides is 1. The van der Waals surface area contributed by atoms with E-state index in [0.29, 0.717) is 18.5 Å². The zero-order valence-electron chi connectivity index (χ0n) is 16.1. The van der Waals surface area contributed by atoms with Gasteiger partial charge >= 0.3 is 0 Å². The number of rotatable bonds is 6. The van der Waals surface area contributed by atoms with Gasteiger partial charge in [-0.15, -0.1) is 0 Å². The van der Waals surface area contributed by atoms with Crippen LogP contribution in [0.25, 0.3) is 0 Å². The van der Waals surface area contributed by atoms with E-state index < -0.39 is 12.0 Å². The number of benzene rings is 3. The molecule has 154 valence electrons. The lowest BCUT2D eigenvalue weighted by Crippen LogP contribution is -2.53. The van der Waals surface area contributed by atoms with Crippen molar-refractivity contribution in [3.05, 3.63) is 101 Å². The van der Waals surface area contributed by atoms with Crippen molar-refractivity contribution >= 4 is 5.91 Å². The largest absolute Gasteiger partial charge is 0.508 e. The summed E-state index contributed by atoms with van der Waals surface area (Å²) >= 11 is 0. The average molecular weight is 409 g/mol. The molecule has 0 unspecified atom stereocenters. The van der Waals surface area contributed by atoms with Gasteiger partial charge in [-0.05, 0) is 59.5 Å². The molecule has 3 atom stereocenters. The average Bonchev–Trinajstić information content (AvgIpc) is 2.74. The number of likely N-dealkylation sites (tertiary alicyclic amines) is 1. The summed E-state index contributed by atoms with van der Waals surface area (Å²) in [7, 11) is 0. The molecule has 1 saturated heterocycles. The minimum absolute atomic E-state index is 0.106. The Kier molecular flexibility index (Phi) is 5.50. The predicted octanol–water partition coefficient (Wildman–Crippen LogP) is 4.46. The first kappa shape index (κ1) is 20.0. The molecule has 0 saturated carbocycles. The van der Waals surface area contributed by atoms with Gasteiger partial charge in [0.2, 0.25) is 5.91 Å². The van der Waals surface area contributed by atoms with E-state index in [2.05, 4.69) is 0 Å². The number of halogens is 2. The highest BCUT2D eigenvalue weighted by atomic mass is 19.1. The third kappa shape index (κ3) is 3.91. The van der Waals surface area contributed by atoms with E-state index in [1.54, 1.807) is 41.3 Å². The van der Waals surface area contributed by atoms with Crippen molar-refractivity contribution in [2.24, 2.45) is 0 Å². The van der Waals surface area contributed by atoms with E-state index >= 15 is 0 Å². The highest BCUT2D eigenvalue weighted by Crippen LogP contribution is 2.47. The number of nitrogens with zero attached hydrogens (tertiary/aromatic N) is 1. The molecule has 0 radical (unpaired) electrons. The topological polar surface area (TPSA) is 60.8 Å². The molecular weight excluding hydrogens is 388 g/mol. The molecule has 0 aliphatic carbocycles. The fourth-order valence-corrected chi connectivity index (χ4v) is 3.95. The number of hydrogen-bond donors (Lipinski definition) is 2. The van der Waals surface area contributed by atoms with Crippen molar-refractivity contribution in [3.8, 4) is 5.75 Å². The highest BCUT2D eigenvalue weighted by molar-refractivity contribution is 5.91. The molecule has 4 nitrogen and oxygen atoms in total. The first-order chi connectivity index (χ1) is 14.4. The van der Waals surface area contributed by atoms with Gasteiger partial charge < -0.3 is 15.1 Å². The van der Waals surface area contributed by atoms with E-state index in [9.17, 15) is 23.8 Å². The highest BCUT2D eigenvalue weighted by Gasteiger charge is 2.48. The van der Waals surface area contributed by atoms with E-state index in [1.165, 1.54) is 36.4 Å². The summed E-state index contributed by atoms with van der Waals surface area (Å²) in [5.74, 6) is -1.19. The van der Waals surface area contributed by atoms with Crippen molar-refractivity contribution < 1.29 is 23.8 Å². The number of carbonyl (C=O) groups is 1. The minimum atomic E-state index is -0.830. The Bertz CT molecular complexity index is 1020. The van der Waals surface area contributed by atoms with Gasteiger partial charge in [0.25, 0.3) is 0 Å². The Morgan fingerprint density at radius 3 is 1.97 bits per heavy atom. The molecular formula is C24H21F2NO3. The number of aliphatic hydroxyl groups is 1. The number of hydrogen-bond acceptors (Lipinski definition) is 3. The standard InChI is InChI=1S/C24H21F2NO3/c25-18-7-1-15(2-8-18)21(29)13-14-27-23(17-5-11-20(28)12-6-17)22(24(27)30)16-3-9-19(26)10-4-16/h1-12,21-23,28-29H,13-14H2/t21-,22-,23-/m1/s1. The van der Waals surface area contributed by atoms with E-state index in [4.69, 9.17) is 0 Å². The fourth-order valence-electron chi connectivity index (χ4n) is 3.95. The second kappa shape index (κ2) is 8.24. The van der Waals surface area contributed by atoms with Gasteiger partial charge in [0.1, 0.15) is 17.4 Å². The zero-order chi connectivity index (χ0) is 21.3. The molecule has 6 heteroatoms. The molecule has 1 fully saturated rings. The third-order valence-electron chi connectivity index (χ3n) is 5.56. The number of phenols is 1. The molecule has 3 aromatic carbocycles. The summed E-state index contributed by atoms with van der Waals surface area (Å²) in [5, 5.41) is 20.0. The van der Waals surface area contributed by atoms with Gasteiger partial charge in [-0.2, -0.15) is 0 Å². The Morgan fingerprint density at radius 1 is 0.833 bits per heavy atom. The van der Waals surface area contributed by atoms with Crippen LogP contribution in [0.15, 0.2) is 72.8 Å². The normalized spacial score (nSPS) is 19.4. The van der Waals surface area contributed by atoms with Crippen molar-refractivity contribution in [3.63, 3.8) is 0 Å². The summed E-state index contributed by atoms with van der Waals surface area (Å²) in [6.45, 7) is 0.306. The Balaban J connectivity index is 1.55. The number of β-lactam (4-membered cyclic amide) rings is 1. The summed E-state index contributed by atoms with van der Waals surface area (Å²) in [6, 6.07) is 17.8. The maximum atomic E-state index is 13.3. The molecule has 1 amide bonds. The van der Waals surface area contributed by atoms with E-state index in [1.807, 2.05) is 0 Å². The lowest BCUT2D eigenvalue weighted by molar-refractivity contribution is -0.151. The van der Waals surface area contributed by atoms with Crippen molar-refractivity contribution in [1.29, 1.82) is 0 Å². The summed E-state index contributed by atoms with van der Waals surface area (Å²) in [6.07, 6.45) is -0.536. The first-order valence-electron chi connectivity index (χ1n) is 9.72. The van der Waals surface area contributed by atoms with Crippen LogP contribution in [0.4, 0.5) is 8.78 Å². The Labute approximate surface area is 173 Å². The Hall–Kier alpha value is -3.25. The molecule has 0 spiro atoms. The molecule has 0 bridgehead atoms. The predicted molar refractivity (Wildman–Crippen MR) is 108 cm³/mol. The van der Waals surface area contributed by atoms with Gasteiger partial charge in [-0.25, -0.2) is 8.78 Å². The Morgan fingerprint density at radius 2 is 1.37 bits per heavy atom. The van der Waals surface area contributed by atoms with Crippen molar-refractivity contribution in [2.45, 2.75) is 24.5 Å². The van der Waals surface area contributed by atoms with Gasteiger partial charge in [-0.3, -0.25) is 4.79 Å². The molecule has 4 rings (SSSR count). The van der Waals surface area contributed by atoms with Gasteiger partial charge in [0.15, 0.2) is 0 Å². The first-order valence-corrected chi connectivity index (χ1v) is 9.72. The lowest BCUT2D eigenvalue weighted by atomic mass is 9.77. The van der Waals surface area contributed by atoms with Gasteiger partial charge in [0, 0.05) is 6.54 Å². The molecule has 2 N–H and O–H groups in total. The van der Waals surface area contributed by atoms with Crippen LogP contribution in [0.5, 0.6) is 5.75 Å². The van der Waals surface area contributed by atoms with Crippen LogP contribution in [0.3, 0.4) is 0 Å². The van der Waals surface area contributed by atoms with Crippen LogP contribution in [-0.2, 0) is 4.79 Å². The maximum absolute atomic E-state index is 13.3. The van der Waals surface area contributed by atoms with E-state index in [-0.39, 0.29) is 29.3 Å². The zero-order valence-corrected chi connectivity index (χ0v) is 16.1. The smallest absolute Gasteiger partial charge is 0.233 e. The SMILES string of the molecule is O=C1[C@H](c2ccc(F)cc2)[C@@H](c2ccc(O)cc2)N1CC[C@@H](O)c1ccc(F)cc1. The molecule has 1 aliphatic heterocycles. The van der Waals surface area contributed by atoms with Gasteiger partial charge in [0.05, 0.1) is 18.1 Å². The number of phenolic OH excluding ortho intramolecular Hbond substituents is 1. The molecule has 1 aliphatic rings. The minimum Gasteiger partial charge on any atom is -0.508 e. The van der Waals surface area contributed by atoms with Crippen molar-refractivity contribution in [2.75, 3.05) is 6.54 Å². The van der Waals surface area contributed by atoms with Crippen molar-refractivity contribution in [1.82, 2.24) is 4.90 Å². The summed E-state index contributed by atoms with van der Waals surface area (Å²) < 4.78 is 26.4. The second-order valence-electron chi connectivity index (χ2n) is 7.45. The molecule has 3 aromatic rings. The van der Waals surface area contributed by atoms with Crippen LogP contribution >= 0.6 is 0 Å². The molecule has 1 heterocycles. The van der Waals surface area contributed by atoms with Crippen LogP contribution in [0.1, 0.15) is 41.2 Å². The summed E-state index contributed by atoms with van der Waals surface area (Å²) in [5.41, 5.74) is 2.15. The number of aromatic hydroxyl groups is 1. The summed E-state index contributed by atoms with van der Waals surface area (Å²) in [4.78, 5) is 14.6. The second-order valence-corrected chi connectivity index (χ2v) is 7.45. The van der Waals surface area contributed by atoms with Crippen LogP contribution < -0.4 is 0 Å². The van der Waals surface area contributed by atoms with Crippen LogP contribution in [0.2, 0.25) is 0 Å². The third-order valence-corrected chi connectivity index (χ3v) is 5.56. The number of aliphatic hydroxyl groups excluding tert-OH is 1. The maximum Gasteiger partial charge on any atom is 0.233 e. The van der Waals surface area contributed by atoms with Crippen LogP contribution in [-0.4, -0.2) is 27.6 Å². The monoisotopic (exact) mass is 409 g/mol. The number of carbonyl (C=O) groups excluding carboxylic acids is 1. The quantitative estimate of drug-likeness (QED) is 0.591. The van der Waals surface area contributed by atoms with E-state index in [0.717, 1.165) is 11.1 Å². The van der Waals surface area contributed by atoms with Gasteiger partial charge in [-0.1, -0.05) is 36.4 Å². The molecule has 30 heavy (non-hydrogen) atoms. The van der Waals surface area contributed by atoms with Crippen LogP contribution in [0, 0.1) is 11.6 Å².